The maximum atomic E-state index is 4.35. The lowest BCUT2D eigenvalue weighted by Crippen LogP contribution is -2.12. The third-order valence-corrected chi connectivity index (χ3v) is 3.92. The molecule has 1 fully saturated rings. The zero-order valence-corrected chi connectivity index (χ0v) is 11.7. The maximum absolute atomic E-state index is 4.35. The molecule has 2 rings (SSSR count). The quantitative estimate of drug-likeness (QED) is 0.793. The van der Waals surface area contributed by atoms with Crippen molar-refractivity contribution < 1.29 is 0 Å². The number of nitrogens with zero attached hydrogens (tertiary/aromatic N) is 3. The summed E-state index contributed by atoms with van der Waals surface area (Å²) in [7, 11) is 0. The summed E-state index contributed by atoms with van der Waals surface area (Å²) in [6.07, 6.45) is 6.64. The molecule has 0 aromatic carbocycles. The number of aromatic nitrogens is 3. The average Bonchev–Trinajstić information content (AvgIpc) is 2.87. The molecule has 0 unspecified atom stereocenters. The Morgan fingerprint density at radius 2 is 1.88 bits per heavy atom. The minimum Gasteiger partial charge on any atom is -0.312 e. The molecule has 16 heavy (non-hydrogen) atoms. The fourth-order valence-corrected chi connectivity index (χ4v) is 3.04. The molecule has 0 atom stereocenters. The van der Waals surface area contributed by atoms with Crippen molar-refractivity contribution in [2.75, 3.05) is 0 Å². The number of halogens is 1. The minimum atomic E-state index is 0.457. The minimum absolute atomic E-state index is 0.457. The molecular formula is C12H20BrN3. The maximum Gasteiger partial charge on any atom is 0.143 e. The van der Waals surface area contributed by atoms with E-state index in [9.17, 15) is 0 Å². The molecule has 1 aliphatic rings. The molecule has 4 heteroatoms. The molecule has 1 aliphatic carbocycles. The number of hydrogen-bond acceptors (Lipinski definition) is 2. The molecule has 1 aromatic heterocycles. The second kappa shape index (κ2) is 5.30. The Hall–Kier alpha value is -0.380. The molecule has 1 aromatic rings. The van der Waals surface area contributed by atoms with E-state index < -0.39 is 0 Å². The molecule has 0 amide bonds. The van der Waals surface area contributed by atoms with Crippen molar-refractivity contribution in [3.8, 4) is 0 Å². The predicted molar refractivity (Wildman–Crippen MR) is 68.7 cm³/mol. The monoisotopic (exact) mass is 285 g/mol. The van der Waals surface area contributed by atoms with Crippen molar-refractivity contribution in [2.24, 2.45) is 5.92 Å². The Balaban J connectivity index is 2.15. The van der Waals surface area contributed by atoms with Crippen LogP contribution in [0.2, 0.25) is 0 Å². The van der Waals surface area contributed by atoms with E-state index in [1.54, 1.807) is 0 Å². The van der Waals surface area contributed by atoms with Crippen molar-refractivity contribution in [3.05, 3.63) is 11.6 Å². The van der Waals surface area contributed by atoms with Crippen molar-refractivity contribution in [3.63, 3.8) is 0 Å². The molecule has 0 N–H and O–H groups in total. The molecule has 0 aliphatic heterocycles. The fraction of sp³-hybridized carbons (Fsp3) is 0.833. The van der Waals surface area contributed by atoms with Gasteiger partial charge in [0.15, 0.2) is 0 Å². The lowest BCUT2D eigenvalue weighted by atomic mass is 10.0. The van der Waals surface area contributed by atoms with Gasteiger partial charge < -0.3 is 4.57 Å². The van der Waals surface area contributed by atoms with Crippen LogP contribution in [0.3, 0.4) is 0 Å². The summed E-state index contributed by atoms with van der Waals surface area (Å²) in [5.74, 6) is 3.07. The largest absolute Gasteiger partial charge is 0.312 e. The van der Waals surface area contributed by atoms with Gasteiger partial charge >= 0.3 is 0 Å². The van der Waals surface area contributed by atoms with Gasteiger partial charge in [-0.1, -0.05) is 41.6 Å². The summed E-state index contributed by atoms with van der Waals surface area (Å²) in [4.78, 5) is 0. The van der Waals surface area contributed by atoms with E-state index in [0.29, 0.717) is 6.04 Å². The van der Waals surface area contributed by atoms with Gasteiger partial charge in [0.25, 0.3) is 0 Å². The van der Waals surface area contributed by atoms with Gasteiger partial charge in [-0.3, -0.25) is 0 Å². The first-order chi connectivity index (χ1) is 7.72. The summed E-state index contributed by atoms with van der Waals surface area (Å²) in [5.41, 5.74) is 0. The van der Waals surface area contributed by atoms with E-state index in [0.717, 1.165) is 23.5 Å². The van der Waals surface area contributed by atoms with E-state index in [1.807, 2.05) is 0 Å². The summed E-state index contributed by atoms with van der Waals surface area (Å²) >= 11 is 3.48. The van der Waals surface area contributed by atoms with Crippen LogP contribution in [0.5, 0.6) is 0 Å². The molecule has 0 saturated heterocycles. The third kappa shape index (κ3) is 2.47. The van der Waals surface area contributed by atoms with Crippen molar-refractivity contribution >= 4 is 15.9 Å². The predicted octanol–water partition coefficient (Wildman–Crippen LogP) is 3.49. The van der Waals surface area contributed by atoms with Gasteiger partial charge in [0, 0.05) is 12.5 Å². The lowest BCUT2D eigenvalue weighted by Gasteiger charge is -2.15. The highest BCUT2D eigenvalue weighted by Gasteiger charge is 2.20. The van der Waals surface area contributed by atoms with E-state index in [1.165, 1.54) is 31.5 Å². The first-order valence-corrected chi connectivity index (χ1v) is 7.33. The summed E-state index contributed by atoms with van der Waals surface area (Å²) in [6.45, 7) is 4.40. The summed E-state index contributed by atoms with van der Waals surface area (Å²) in [5, 5.41) is 9.41. The number of rotatable bonds is 4. The summed E-state index contributed by atoms with van der Waals surface area (Å²) in [6, 6.07) is 0.457. The highest BCUT2D eigenvalue weighted by molar-refractivity contribution is 9.08. The smallest absolute Gasteiger partial charge is 0.143 e. The van der Waals surface area contributed by atoms with Crippen LogP contribution in [0.4, 0.5) is 0 Å². The first-order valence-electron chi connectivity index (χ1n) is 6.21. The lowest BCUT2D eigenvalue weighted by molar-refractivity contribution is 0.484. The zero-order valence-electron chi connectivity index (χ0n) is 10.1. The summed E-state index contributed by atoms with van der Waals surface area (Å²) < 4.78 is 2.28. The van der Waals surface area contributed by atoms with E-state index >= 15 is 0 Å². The highest BCUT2D eigenvalue weighted by atomic mass is 79.9. The second-order valence-electron chi connectivity index (χ2n) is 4.98. The van der Waals surface area contributed by atoms with Gasteiger partial charge in [-0.25, -0.2) is 0 Å². The zero-order chi connectivity index (χ0) is 11.5. The van der Waals surface area contributed by atoms with Crippen molar-refractivity contribution in [2.45, 2.75) is 57.3 Å². The van der Waals surface area contributed by atoms with Crippen LogP contribution in [-0.2, 0) is 11.8 Å². The van der Waals surface area contributed by atoms with Gasteiger partial charge in [-0.2, -0.15) is 0 Å². The van der Waals surface area contributed by atoms with Crippen LogP contribution < -0.4 is 0 Å². The van der Waals surface area contributed by atoms with Crippen LogP contribution in [0.15, 0.2) is 0 Å². The van der Waals surface area contributed by atoms with Gasteiger partial charge in [0.05, 0.1) is 5.33 Å². The Kier molecular flexibility index (Phi) is 4.00. The van der Waals surface area contributed by atoms with E-state index in [4.69, 9.17) is 0 Å². The standard InChI is InChI=1S/C12H20BrN3/c1-9(2)16-11(14-15-12(16)8-13)7-10-5-3-4-6-10/h9-10H,3-8H2,1-2H3. The molecule has 0 radical (unpaired) electrons. The highest BCUT2D eigenvalue weighted by Crippen LogP contribution is 2.28. The van der Waals surface area contributed by atoms with Gasteiger partial charge in [0.2, 0.25) is 0 Å². The fourth-order valence-electron chi connectivity index (χ4n) is 2.66. The van der Waals surface area contributed by atoms with Gasteiger partial charge in [0.1, 0.15) is 11.6 Å². The van der Waals surface area contributed by atoms with Crippen LogP contribution in [0.1, 0.15) is 57.2 Å². The molecule has 3 nitrogen and oxygen atoms in total. The Bertz CT molecular complexity index is 340. The molecule has 1 heterocycles. The first kappa shape index (κ1) is 12.1. The van der Waals surface area contributed by atoms with E-state index in [2.05, 4.69) is 44.5 Å². The van der Waals surface area contributed by atoms with Gasteiger partial charge in [-0.05, 0) is 19.8 Å². The van der Waals surface area contributed by atoms with Crippen LogP contribution in [0, 0.1) is 5.92 Å². The van der Waals surface area contributed by atoms with E-state index in [-0.39, 0.29) is 0 Å². The van der Waals surface area contributed by atoms with Crippen LogP contribution >= 0.6 is 15.9 Å². The molecule has 1 saturated carbocycles. The number of alkyl halides is 1. The van der Waals surface area contributed by atoms with Crippen LogP contribution in [-0.4, -0.2) is 14.8 Å². The molecular weight excluding hydrogens is 266 g/mol. The SMILES string of the molecule is CC(C)n1c(CBr)nnc1CC1CCCC1. The molecule has 0 bridgehead atoms. The topological polar surface area (TPSA) is 30.7 Å². The third-order valence-electron chi connectivity index (χ3n) is 3.42. The van der Waals surface area contributed by atoms with Crippen molar-refractivity contribution in [1.82, 2.24) is 14.8 Å². The average molecular weight is 286 g/mol. The van der Waals surface area contributed by atoms with Gasteiger partial charge in [-0.15, -0.1) is 10.2 Å². The Morgan fingerprint density at radius 3 is 2.44 bits per heavy atom. The Labute approximate surface area is 106 Å². The number of hydrogen-bond donors (Lipinski definition) is 0. The normalized spacial score (nSPS) is 17.5. The Morgan fingerprint density at radius 1 is 1.25 bits per heavy atom. The molecule has 90 valence electrons. The second-order valence-corrected chi connectivity index (χ2v) is 5.55. The molecule has 0 spiro atoms. The van der Waals surface area contributed by atoms with Crippen molar-refractivity contribution in [1.29, 1.82) is 0 Å². The van der Waals surface area contributed by atoms with Crippen LogP contribution in [0.25, 0.3) is 0 Å².